The van der Waals surface area contributed by atoms with Crippen molar-refractivity contribution in [2.75, 3.05) is 20.2 Å². The lowest BCUT2D eigenvalue weighted by atomic mass is 9.96. The zero-order valence-corrected chi connectivity index (χ0v) is 15.2. The van der Waals surface area contributed by atoms with Gasteiger partial charge in [0.1, 0.15) is 5.15 Å². The first-order valence-electron chi connectivity index (χ1n) is 8.35. The number of hydrogen-bond acceptors (Lipinski definition) is 4. The van der Waals surface area contributed by atoms with E-state index in [1.54, 1.807) is 0 Å². The largest absolute Gasteiger partial charge is 0.469 e. The van der Waals surface area contributed by atoms with Crippen molar-refractivity contribution in [1.29, 1.82) is 0 Å². The quantitative estimate of drug-likeness (QED) is 0.624. The van der Waals surface area contributed by atoms with Crippen LogP contribution in [0.3, 0.4) is 0 Å². The van der Waals surface area contributed by atoms with Crippen molar-refractivity contribution in [3.63, 3.8) is 0 Å². The summed E-state index contributed by atoms with van der Waals surface area (Å²) < 4.78 is 4.84. The average Bonchev–Trinajstić information content (AvgIpc) is 2.60. The summed E-state index contributed by atoms with van der Waals surface area (Å²) in [6, 6.07) is 6.37. The van der Waals surface area contributed by atoms with Crippen molar-refractivity contribution in [2.24, 2.45) is 5.92 Å². The predicted octanol–water partition coefficient (Wildman–Crippen LogP) is 3.89. The van der Waals surface area contributed by atoms with Crippen molar-refractivity contribution < 1.29 is 9.53 Å². The van der Waals surface area contributed by atoms with Gasteiger partial charge < -0.3 is 4.74 Å². The number of methoxy groups -OCH3 is 1. The number of fused-ring (bicyclic) bond motifs is 1. The fraction of sp³-hybridized carbons (Fsp3) is 0.474. The maximum absolute atomic E-state index is 11.6. The maximum atomic E-state index is 11.6. The fourth-order valence-electron chi connectivity index (χ4n) is 3.35. The van der Waals surface area contributed by atoms with Crippen LogP contribution < -0.4 is 0 Å². The third-order valence-electron chi connectivity index (χ3n) is 5.05. The van der Waals surface area contributed by atoms with Crippen LogP contribution in [0, 0.1) is 19.8 Å². The number of aryl methyl sites for hydroxylation is 2. The van der Waals surface area contributed by atoms with Gasteiger partial charge in [0.05, 0.1) is 18.5 Å². The Labute approximate surface area is 147 Å². The molecule has 2 aromatic rings. The molecule has 0 unspecified atom stereocenters. The highest BCUT2D eigenvalue weighted by atomic mass is 35.5. The molecule has 3 rings (SSSR count). The summed E-state index contributed by atoms with van der Waals surface area (Å²) in [5.41, 5.74) is 4.43. The van der Waals surface area contributed by atoms with Crippen LogP contribution in [0.5, 0.6) is 0 Å². The Morgan fingerprint density at radius 1 is 1.33 bits per heavy atom. The molecule has 128 valence electrons. The lowest BCUT2D eigenvalue weighted by Crippen LogP contribution is -2.36. The summed E-state index contributed by atoms with van der Waals surface area (Å²) >= 11 is 6.44. The third-order valence-corrected chi connectivity index (χ3v) is 5.38. The molecular weight excluding hydrogens is 324 g/mol. The Morgan fingerprint density at radius 2 is 2.04 bits per heavy atom. The molecule has 2 heterocycles. The van der Waals surface area contributed by atoms with Crippen LogP contribution in [0.15, 0.2) is 18.2 Å². The van der Waals surface area contributed by atoms with Gasteiger partial charge >= 0.3 is 5.97 Å². The number of likely N-dealkylation sites (tertiary alicyclic amines) is 1. The molecule has 0 N–H and O–H groups in total. The summed E-state index contributed by atoms with van der Waals surface area (Å²) in [4.78, 5) is 18.6. The van der Waals surface area contributed by atoms with Gasteiger partial charge in [-0.15, -0.1) is 0 Å². The molecule has 0 bridgehead atoms. The first-order valence-corrected chi connectivity index (χ1v) is 8.73. The number of benzene rings is 1. The van der Waals surface area contributed by atoms with Gasteiger partial charge in [-0.3, -0.25) is 9.69 Å². The Kier molecular flexibility index (Phi) is 5.07. The van der Waals surface area contributed by atoms with E-state index in [1.165, 1.54) is 18.2 Å². The minimum atomic E-state index is -0.0918. The number of ether oxygens (including phenoxy) is 1. The highest BCUT2D eigenvalue weighted by Crippen LogP contribution is 2.27. The van der Waals surface area contributed by atoms with Gasteiger partial charge in [0, 0.05) is 17.5 Å². The van der Waals surface area contributed by atoms with Crippen LogP contribution in [0.25, 0.3) is 10.9 Å². The molecule has 0 saturated carbocycles. The molecular formula is C19H23ClN2O2. The molecule has 1 aromatic carbocycles. The van der Waals surface area contributed by atoms with E-state index < -0.39 is 0 Å². The van der Waals surface area contributed by atoms with Crippen LogP contribution in [0.4, 0.5) is 0 Å². The zero-order valence-electron chi connectivity index (χ0n) is 14.4. The molecule has 5 heteroatoms. The number of aromatic nitrogens is 1. The normalized spacial score (nSPS) is 16.5. The number of carbonyl (C=O) groups is 1. The third kappa shape index (κ3) is 3.40. The highest BCUT2D eigenvalue weighted by molar-refractivity contribution is 6.30. The Hall–Kier alpha value is -1.65. The van der Waals surface area contributed by atoms with Gasteiger partial charge in [-0.05, 0) is 57.0 Å². The van der Waals surface area contributed by atoms with Crippen LogP contribution in [0.2, 0.25) is 5.15 Å². The topological polar surface area (TPSA) is 42.4 Å². The van der Waals surface area contributed by atoms with E-state index >= 15 is 0 Å². The molecule has 1 aromatic heterocycles. The summed E-state index contributed by atoms with van der Waals surface area (Å²) in [5, 5.41) is 1.70. The molecule has 4 nitrogen and oxygen atoms in total. The Bertz CT molecular complexity index is 768. The van der Waals surface area contributed by atoms with Gasteiger partial charge in [-0.1, -0.05) is 23.7 Å². The summed E-state index contributed by atoms with van der Waals surface area (Å²) in [6.45, 7) is 6.69. The minimum Gasteiger partial charge on any atom is -0.469 e. The second-order valence-corrected chi connectivity index (χ2v) is 6.95. The van der Waals surface area contributed by atoms with E-state index in [-0.39, 0.29) is 11.9 Å². The van der Waals surface area contributed by atoms with Gasteiger partial charge in [0.15, 0.2) is 0 Å². The molecule has 0 spiro atoms. The predicted molar refractivity (Wildman–Crippen MR) is 96.2 cm³/mol. The Morgan fingerprint density at radius 3 is 2.71 bits per heavy atom. The number of halogens is 1. The molecule has 0 radical (unpaired) electrons. The molecule has 0 atom stereocenters. The molecule has 1 fully saturated rings. The molecule has 1 aliphatic rings. The number of piperidine rings is 1. The van der Waals surface area contributed by atoms with Crippen LogP contribution in [-0.2, 0) is 16.1 Å². The monoisotopic (exact) mass is 346 g/mol. The first kappa shape index (κ1) is 17.2. The molecule has 0 aliphatic carbocycles. The molecule has 1 saturated heterocycles. The number of esters is 1. The van der Waals surface area contributed by atoms with Crippen LogP contribution in [0.1, 0.15) is 29.5 Å². The van der Waals surface area contributed by atoms with E-state index in [4.69, 9.17) is 16.3 Å². The standard InChI is InChI=1S/C19H23ClN2O2/c1-12-4-5-15-10-16(18(20)21-17(15)13(12)2)11-22-8-6-14(7-9-22)19(23)24-3/h4-5,10,14H,6-9,11H2,1-3H3. The van der Waals surface area contributed by atoms with Crippen molar-refractivity contribution in [1.82, 2.24) is 9.88 Å². The lowest BCUT2D eigenvalue weighted by Gasteiger charge is -2.30. The second kappa shape index (κ2) is 7.08. The SMILES string of the molecule is COC(=O)C1CCN(Cc2cc3ccc(C)c(C)c3nc2Cl)CC1. The molecule has 1 aliphatic heterocycles. The summed E-state index contributed by atoms with van der Waals surface area (Å²) in [7, 11) is 1.46. The van der Waals surface area contributed by atoms with E-state index in [0.717, 1.165) is 48.9 Å². The van der Waals surface area contributed by atoms with Gasteiger partial charge in [-0.2, -0.15) is 0 Å². The number of pyridine rings is 1. The van der Waals surface area contributed by atoms with Crippen molar-refractivity contribution in [3.8, 4) is 0 Å². The first-order chi connectivity index (χ1) is 11.5. The smallest absolute Gasteiger partial charge is 0.308 e. The van der Waals surface area contributed by atoms with Crippen LogP contribution in [-0.4, -0.2) is 36.1 Å². The van der Waals surface area contributed by atoms with E-state index in [9.17, 15) is 4.79 Å². The fourth-order valence-corrected chi connectivity index (χ4v) is 3.55. The van der Waals surface area contributed by atoms with E-state index in [1.807, 2.05) is 0 Å². The zero-order chi connectivity index (χ0) is 17.3. The maximum Gasteiger partial charge on any atom is 0.308 e. The van der Waals surface area contributed by atoms with Crippen LogP contribution >= 0.6 is 11.6 Å². The van der Waals surface area contributed by atoms with E-state index in [0.29, 0.717) is 5.15 Å². The molecule has 24 heavy (non-hydrogen) atoms. The number of rotatable bonds is 3. The lowest BCUT2D eigenvalue weighted by molar-refractivity contribution is -0.147. The van der Waals surface area contributed by atoms with Crippen molar-refractivity contribution >= 4 is 28.5 Å². The van der Waals surface area contributed by atoms with Gasteiger partial charge in [-0.25, -0.2) is 4.98 Å². The number of hydrogen-bond donors (Lipinski definition) is 0. The minimum absolute atomic E-state index is 0.0297. The average molecular weight is 347 g/mol. The highest BCUT2D eigenvalue weighted by Gasteiger charge is 2.26. The number of nitrogens with zero attached hydrogens (tertiary/aromatic N) is 2. The van der Waals surface area contributed by atoms with Crippen molar-refractivity contribution in [3.05, 3.63) is 40.0 Å². The Balaban J connectivity index is 1.75. The van der Waals surface area contributed by atoms with E-state index in [2.05, 4.69) is 41.9 Å². The van der Waals surface area contributed by atoms with Gasteiger partial charge in [0.25, 0.3) is 0 Å². The molecule has 0 amide bonds. The summed E-state index contributed by atoms with van der Waals surface area (Å²) in [5.74, 6) is -0.0621. The summed E-state index contributed by atoms with van der Waals surface area (Å²) in [6.07, 6.45) is 1.67. The van der Waals surface area contributed by atoms with Gasteiger partial charge in [0.2, 0.25) is 0 Å². The number of carbonyl (C=O) groups excluding carboxylic acids is 1. The van der Waals surface area contributed by atoms with Crippen molar-refractivity contribution in [2.45, 2.75) is 33.2 Å². The second-order valence-electron chi connectivity index (χ2n) is 6.59.